The molecule has 0 spiro atoms. The molecule has 0 saturated heterocycles. The van der Waals surface area contributed by atoms with E-state index in [1.54, 1.807) is 0 Å². The lowest BCUT2D eigenvalue weighted by Gasteiger charge is -2.19. The van der Waals surface area contributed by atoms with Crippen LogP contribution >= 0.6 is 0 Å². The average molecular weight is 264 g/mol. The highest BCUT2D eigenvalue weighted by atomic mass is 16.3. The fraction of sp³-hybridized carbons (Fsp3) is 0.533. The quantitative estimate of drug-likeness (QED) is 0.661. The van der Waals surface area contributed by atoms with Gasteiger partial charge in [0.2, 0.25) is 5.91 Å². The van der Waals surface area contributed by atoms with E-state index in [4.69, 9.17) is 10.8 Å². The number of benzene rings is 1. The summed E-state index contributed by atoms with van der Waals surface area (Å²) < 4.78 is 0. The number of aliphatic hydroxyl groups is 1. The first kappa shape index (κ1) is 15.7. The summed E-state index contributed by atoms with van der Waals surface area (Å²) in [5.41, 5.74) is 7.08. The zero-order chi connectivity index (χ0) is 14.1. The molecule has 0 aliphatic rings. The molecule has 1 aromatic rings. The van der Waals surface area contributed by atoms with E-state index in [0.29, 0.717) is 12.8 Å². The molecule has 1 amide bonds. The fourth-order valence-corrected chi connectivity index (χ4v) is 1.94. The van der Waals surface area contributed by atoms with Gasteiger partial charge in [0.1, 0.15) is 0 Å². The highest BCUT2D eigenvalue weighted by Gasteiger charge is 2.16. The summed E-state index contributed by atoms with van der Waals surface area (Å²) >= 11 is 0. The van der Waals surface area contributed by atoms with Crippen molar-refractivity contribution >= 4 is 5.91 Å². The molecule has 4 N–H and O–H groups in total. The first-order valence-corrected chi connectivity index (χ1v) is 6.88. The van der Waals surface area contributed by atoms with Gasteiger partial charge >= 0.3 is 0 Å². The lowest BCUT2D eigenvalue weighted by molar-refractivity contribution is -0.123. The third-order valence-electron chi connectivity index (χ3n) is 3.24. The van der Waals surface area contributed by atoms with Crippen LogP contribution in [0.3, 0.4) is 0 Å². The Morgan fingerprint density at radius 1 is 1.32 bits per heavy atom. The Labute approximate surface area is 115 Å². The number of rotatable bonds is 8. The van der Waals surface area contributed by atoms with Crippen molar-refractivity contribution in [2.24, 2.45) is 5.73 Å². The van der Waals surface area contributed by atoms with Gasteiger partial charge in [-0.1, -0.05) is 37.3 Å². The van der Waals surface area contributed by atoms with Crippen LogP contribution in [0.25, 0.3) is 0 Å². The number of hydrogen-bond acceptors (Lipinski definition) is 3. The Morgan fingerprint density at radius 3 is 2.58 bits per heavy atom. The fourth-order valence-electron chi connectivity index (χ4n) is 1.94. The van der Waals surface area contributed by atoms with E-state index in [0.717, 1.165) is 12.8 Å². The van der Waals surface area contributed by atoms with Crippen molar-refractivity contribution in [2.45, 2.75) is 44.7 Å². The summed E-state index contributed by atoms with van der Waals surface area (Å²) in [6.45, 7) is 2.06. The molecule has 0 bridgehead atoms. The van der Waals surface area contributed by atoms with Crippen LogP contribution < -0.4 is 11.1 Å². The SMILES string of the molecule is CCC(CCO)NC(=O)[C@@H](N)CCc1ccccc1. The van der Waals surface area contributed by atoms with Crippen LogP contribution in [0.5, 0.6) is 0 Å². The molecule has 2 atom stereocenters. The van der Waals surface area contributed by atoms with E-state index < -0.39 is 6.04 Å². The number of aryl methyl sites for hydroxylation is 1. The highest BCUT2D eigenvalue weighted by Crippen LogP contribution is 2.05. The molecule has 1 unspecified atom stereocenters. The van der Waals surface area contributed by atoms with E-state index in [-0.39, 0.29) is 18.6 Å². The van der Waals surface area contributed by atoms with Gasteiger partial charge in [-0.3, -0.25) is 4.79 Å². The molecule has 0 fully saturated rings. The molecule has 0 radical (unpaired) electrons. The van der Waals surface area contributed by atoms with Crippen molar-refractivity contribution in [1.82, 2.24) is 5.32 Å². The number of carbonyl (C=O) groups is 1. The predicted octanol–water partition coefficient (Wildman–Crippen LogP) is 1.22. The normalized spacial score (nSPS) is 13.8. The van der Waals surface area contributed by atoms with Crippen molar-refractivity contribution < 1.29 is 9.90 Å². The van der Waals surface area contributed by atoms with Crippen molar-refractivity contribution in [3.8, 4) is 0 Å². The first-order chi connectivity index (χ1) is 9.17. The molecule has 0 saturated carbocycles. The van der Waals surface area contributed by atoms with Crippen LogP contribution in [0.1, 0.15) is 31.7 Å². The summed E-state index contributed by atoms with van der Waals surface area (Å²) in [4.78, 5) is 11.9. The lowest BCUT2D eigenvalue weighted by atomic mass is 10.0. The maximum Gasteiger partial charge on any atom is 0.237 e. The molecule has 1 rings (SSSR count). The summed E-state index contributed by atoms with van der Waals surface area (Å²) in [7, 11) is 0. The Bertz CT molecular complexity index is 368. The molecule has 0 heterocycles. The van der Waals surface area contributed by atoms with Crippen LogP contribution in [0.4, 0.5) is 0 Å². The Morgan fingerprint density at radius 2 is 2.00 bits per heavy atom. The van der Waals surface area contributed by atoms with Gasteiger partial charge in [0, 0.05) is 12.6 Å². The average Bonchev–Trinajstić information content (AvgIpc) is 2.45. The molecule has 0 aliphatic carbocycles. The van der Waals surface area contributed by atoms with Gasteiger partial charge in [0.05, 0.1) is 6.04 Å². The number of nitrogens with one attached hydrogen (secondary N) is 1. The van der Waals surface area contributed by atoms with E-state index in [1.807, 2.05) is 37.3 Å². The number of hydrogen-bond donors (Lipinski definition) is 3. The largest absolute Gasteiger partial charge is 0.396 e. The minimum absolute atomic E-state index is 0.0141. The van der Waals surface area contributed by atoms with Crippen LogP contribution in [-0.4, -0.2) is 29.7 Å². The second-order valence-corrected chi connectivity index (χ2v) is 4.76. The van der Waals surface area contributed by atoms with E-state index in [1.165, 1.54) is 5.56 Å². The summed E-state index contributed by atoms with van der Waals surface area (Å²) in [5, 5.41) is 11.8. The maximum absolute atomic E-state index is 11.9. The molecule has 0 aliphatic heterocycles. The minimum atomic E-state index is -0.493. The zero-order valence-corrected chi connectivity index (χ0v) is 11.5. The Balaban J connectivity index is 2.36. The third-order valence-corrected chi connectivity index (χ3v) is 3.24. The molecule has 1 aromatic carbocycles. The molecular weight excluding hydrogens is 240 g/mol. The molecule has 19 heavy (non-hydrogen) atoms. The van der Waals surface area contributed by atoms with Crippen LogP contribution in [0, 0.1) is 0 Å². The second-order valence-electron chi connectivity index (χ2n) is 4.76. The topological polar surface area (TPSA) is 75.3 Å². The third kappa shape index (κ3) is 5.85. The van der Waals surface area contributed by atoms with Crippen molar-refractivity contribution in [3.63, 3.8) is 0 Å². The monoisotopic (exact) mass is 264 g/mol. The van der Waals surface area contributed by atoms with Crippen molar-refractivity contribution in [2.75, 3.05) is 6.61 Å². The maximum atomic E-state index is 11.9. The van der Waals surface area contributed by atoms with Gasteiger partial charge in [-0.25, -0.2) is 0 Å². The molecule has 4 nitrogen and oxygen atoms in total. The number of amides is 1. The summed E-state index contributed by atoms with van der Waals surface area (Å²) in [6.07, 6.45) is 2.81. The van der Waals surface area contributed by atoms with Gasteiger partial charge in [0.25, 0.3) is 0 Å². The summed E-state index contributed by atoms with van der Waals surface area (Å²) in [5.74, 6) is -0.128. The van der Waals surface area contributed by atoms with Crippen LogP contribution in [0.2, 0.25) is 0 Å². The van der Waals surface area contributed by atoms with Gasteiger partial charge in [-0.15, -0.1) is 0 Å². The molecule has 0 aromatic heterocycles. The smallest absolute Gasteiger partial charge is 0.237 e. The van der Waals surface area contributed by atoms with Gasteiger partial charge in [-0.05, 0) is 31.2 Å². The number of nitrogens with two attached hydrogens (primary N) is 1. The standard InChI is InChI=1S/C15H24N2O2/c1-2-13(10-11-18)17-15(19)14(16)9-8-12-6-4-3-5-7-12/h3-7,13-14,18H,2,8-11,16H2,1H3,(H,17,19)/t13?,14-/m0/s1. The minimum Gasteiger partial charge on any atom is -0.396 e. The molecular formula is C15H24N2O2. The lowest BCUT2D eigenvalue weighted by Crippen LogP contribution is -2.45. The summed E-state index contributed by atoms with van der Waals surface area (Å²) in [6, 6.07) is 9.52. The van der Waals surface area contributed by atoms with Gasteiger partial charge < -0.3 is 16.2 Å². The number of aliphatic hydroxyl groups excluding tert-OH is 1. The molecule has 106 valence electrons. The Kier molecular flexibility index (Phi) is 7.15. The highest BCUT2D eigenvalue weighted by molar-refractivity contribution is 5.81. The second kappa shape index (κ2) is 8.67. The van der Waals surface area contributed by atoms with Gasteiger partial charge in [-0.2, -0.15) is 0 Å². The number of carbonyl (C=O) groups excluding carboxylic acids is 1. The van der Waals surface area contributed by atoms with E-state index >= 15 is 0 Å². The predicted molar refractivity (Wildman–Crippen MR) is 76.7 cm³/mol. The Hall–Kier alpha value is -1.39. The van der Waals surface area contributed by atoms with Crippen LogP contribution in [0.15, 0.2) is 30.3 Å². The van der Waals surface area contributed by atoms with Crippen molar-refractivity contribution in [1.29, 1.82) is 0 Å². The van der Waals surface area contributed by atoms with Crippen LogP contribution in [-0.2, 0) is 11.2 Å². The zero-order valence-electron chi connectivity index (χ0n) is 11.5. The van der Waals surface area contributed by atoms with Crippen molar-refractivity contribution in [3.05, 3.63) is 35.9 Å². The molecule has 4 heteroatoms. The van der Waals surface area contributed by atoms with E-state index in [2.05, 4.69) is 5.32 Å². The van der Waals surface area contributed by atoms with E-state index in [9.17, 15) is 4.79 Å². The first-order valence-electron chi connectivity index (χ1n) is 6.88. The van der Waals surface area contributed by atoms with Gasteiger partial charge in [0.15, 0.2) is 0 Å².